The third kappa shape index (κ3) is 5.06. The van der Waals surface area contributed by atoms with Crippen molar-refractivity contribution in [3.8, 4) is 0 Å². The molecule has 1 amide bonds. The Bertz CT molecular complexity index is 1380. The number of piperazine rings is 1. The topological polar surface area (TPSA) is 76.3 Å². The molecular weight excluding hydrogens is 448 g/mol. The van der Waals surface area contributed by atoms with Crippen molar-refractivity contribution in [2.75, 3.05) is 48.8 Å². The SMILES string of the molecule is CN1CCN(c2cc(NC(=O)c3ccccc3Nc3ccc4cn[nH]c4c3)ccc2C(C)(C)C)CC1. The second-order valence-electron chi connectivity index (χ2n) is 10.6. The lowest BCUT2D eigenvalue weighted by Crippen LogP contribution is -2.45. The van der Waals surface area contributed by atoms with Gasteiger partial charge in [-0.2, -0.15) is 5.10 Å². The number of anilines is 4. The number of fused-ring (bicyclic) bond motifs is 1. The van der Waals surface area contributed by atoms with Crippen LogP contribution in [0.1, 0.15) is 36.7 Å². The minimum atomic E-state index is -0.145. The predicted molar refractivity (Wildman–Crippen MR) is 149 cm³/mol. The van der Waals surface area contributed by atoms with Gasteiger partial charge in [-0.25, -0.2) is 0 Å². The number of carbonyl (C=O) groups is 1. The van der Waals surface area contributed by atoms with E-state index in [1.165, 1.54) is 11.3 Å². The molecule has 186 valence electrons. The number of para-hydroxylation sites is 1. The van der Waals surface area contributed by atoms with Gasteiger partial charge in [0.15, 0.2) is 0 Å². The summed E-state index contributed by atoms with van der Waals surface area (Å²) in [6.45, 7) is 10.7. The Kier molecular flexibility index (Phi) is 6.41. The molecule has 0 saturated carbocycles. The van der Waals surface area contributed by atoms with E-state index in [0.29, 0.717) is 5.56 Å². The molecule has 0 spiro atoms. The van der Waals surface area contributed by atoms with Gasteiger partial charge in [-0.1, -0.05) is 39.0 Å². The number of benzene rings is 3. The van der Waals surface area contributed by atoms with Crippen LogP contribution in [-0.2, 0) is 5.41 Å². The average Bonchev–Trinajstić information content (AvgIpc) is 3.32. The Hall–Kier alpha value is -3.84. The molecule has 36 heavy (non-hydrogen) atoms. The highest BCUT2D eigenvalue weighted by Crippen LogP contribution is 2.35. The zero-order valence-electron chi connectivity index (χ0n) is 21.4. The highest BCUT2D eigenvalue weighted by atomic mass is 16.1. The van der Waals surface area contributed by atoms with Crippen LogP contribution in [0.15, 0.2) is 66.9 Å². The largest absolute Gasteiger partial charge is 0.369 e. The Morgan fingerprint density at radius 1 is 0.944 bits per heavy atom. The minimum Gasteiger partial charge on any atom is -0.369 e. The molecule has 0 aliphatic carbocycles. The summed E-state index contributed by atoms with van der Waals surface area (Å²) in [4.78, 5) is 18.2. The summed E-state index contributed by atoms with van der Waals surface area (Å²) in [5.41, 5.74) is 6.47. The highest BCUT2D eigenvalue weighted by molar-refractivity contribution is 6.08. The van der Waals surface area contributed by atoms with Gasteiger partial charge in [-0.05, 0) is 60.5 Å². The summed E-state index contributed by atoms with van der Waals surface area (Å²) in [6.07, 6.45) is 1.79. The fourth-order valence-corrected chi connectivity index (χ4v) is 4.71. The van der Waals surface area contributed by atoms with Crippen LogP contribution in [-0.4, -0.2) is 54.2 Å². The molecule has 0 radical (unpaired) electrons. The van der Waals surface area contributed by atoms with E-state index < -0.39 is 0 Å². The van der Waals surface area contributed by atoms with Gasteiger partial charge in [0.05, 0.1) is 23.0 Å². The molecule has 0 atom stereocenters. The molecule has 0 unspecified atom stereocenters. The van der Waals surface area contributed by atoms with E-state index >= 15 is 0 Å². The second-order valence-corrected chi connectivity index (χ2v) is 10.6. The van der Waals surface area contributed by atoms with Gasteiger partial charge in [0, 0.05) is 48.6 Å². The van der Waals surface area contributed by atoms with Crippen molar-refractivity contribution in [3.63, 3.8) is 0 Å². The van der Waals surface area contributed by atoms with Crippen LogP contribution in [0, 0.1) is 0 Å². The highest BCUT2D eigenvalue weighted by Gasteiger charge is 2.24. The molecule has 1 saturated heterocycles. The molecule has 3 aromatic carbocycles. The molecular formula is C29H34N6O. The molecule has 7 nitrogen and oxygen atoms in total. The van der Waals surface area contributed by atoms with Gasteiger partial charge < -0.3 is 20.4 Å². The monoisotopic (exact) mass is 482 g/mol. The van der Waals surface area contributed by atoms with Crippen molar-refractivity contribution in [1.82, 2.24) is 15.1 Å². The maximum atomic E-state index is 13.4. The van der Waals surface area contributed by atoms with E-state index in [-0.39, 0.29) is 11.3 Å². The minimum absolute atomic E-state index is 0.00744. The normalized spacial score (nSPS) is 14.7. The zero-order chi connectivity index (χ0) is 25.3. The quantitative estimate of drug-likeness (QED) is 0.345. The van der Waals surface area contributed by atoms with Crippen LogP contribution in [0.2, 0.25) is 0 Å². The van der Waals surface area contributed by atoms with E-state index in [2.05, 4.69) is 70.6 Å². The van der Waals surface area contributed by atoms with Crippen molar-refractivity contribution in [2.45, 2.75) is 26.2 Å². The van der Waals surface area contributed by atoms with Crippen LogP contribution in [0.25, 0.3) is 10.9 Å². The molecule has 3 N–H and O–H groups in total. The summed E-state index contributed by atoms with van der Waals surface area (Å²) in [5.74, 6) is -0.145. The van der Waals surface area contributed by atoms with Crippen LogP contribution < -0.4 is 15.5 Å². The van der Waals surface area contributed by atoms with Crippen LogP contribution in [0.5, 0.6) is 0 Å². The first kappa shape index (κ1) is 23.9. The van der Waals surface area contributed by atoms with Gasteiger partial charge in [-0.3, -0.25) is 9.89 Å². The lowest BCUT2D eigenvalue weighted by Gasteiger charge is -2.37. The first-order chi connectivity index (χ1) is 17.3. The number of hydrogen-bond donors (Lipinski definition) is 3. The van der Waals surface area contributed by atoms with E-state index in [0.717, 1.165) is 54.1 Å². The van der Waals surface area contributed by atoms with Crippen LogP contribution >= 0.6 is 0 Å². The number of nitrogens with one attached hydrogen (secondary N) is 3. The van der Waals surface area contributed by atoms with Gasteiger partial charge in [0.2, 0.25) is 0 Å². The maximum Gasteiger partial charge on any atom is 0.257 e. The molecule has 7 heteroatoms. The molecule has 1 aliphatic heterocycles. The standard InChI is InChI=1S/C29H34N6O/c1-29(2,3)24-12-11-22(18-27(24)35-15-13-34(4)14-16-35)32-28(36)23-7-5-6-8-25(23)31-21-10-9-20-19-30-33-26(20)17-21/h5-12,17-19,31H,13-16H2,1-4H3,(H,30,33)(H,32,36). The molecule has 5 rings (SSSR count). The van der Waals surface area contributed by atoms with Crippen molar-refractivity contribution >= 4 is 39.6 Å². The molecule has 4 aromatic rings. The Labute approximate surface area is 212 Å². The van der Waals surface area contributed by atoms with E-state index in [4.69, 9.17) is 0 Å². The number of carbonyl (C=O) groups excluding carboxylic acids is 1. The third-order valence-corrected chi connectivity index (χ3v) is 6.80. The molecule has 1 aromatic heterocycles. The summed E-state index contributed by atoms with van der Waals surface area (Å²) in [5, 5.41) is 14.7. The fourth-order valence-electron chi connectivity index (χ4n) is 4.71. The first-order valence-electron chi connectivity index (χ1n) is 12.5. The van der Waals surface area contributed by atoms with E-state index in [1.54, 1.807) is 6.20 Å². The molecule has 2 heterocycles. The molecule has 0 bridgehead atoms. The van der Waals surface area contributed by atoms with E-state index in [1.807, 2.05) is 48.5 Å². The lowest BCUT2D eigenvalue weighted by atomic mass is 9.85. The number of hydrogen-bond acceptors (Lipinski definition) is 5. The number of H-pyrrole nitrogens is 1. The molecule has 1 aliphatic rings. The number of aromatic amines is 1. The second kappa shape index (κ2) is 9.66. The average molecular weight is 483 g/mol. The summed E-state index contributed by atoms with van der Waals surface area (Å²) < 4.78 is 0. The number of amides is 1. The van der Waals surface area contributed by atoms with Crippen LogP contribution in [0.4, 0.5) is 22.7 Å². The smallest absolute Gasteiger partial charge is 0.257 e. The Balaban J connectivity index is 1.40. The van der Waals surface area contributed by atoms with Gasteiger partial charge in [0.1, 0.15) is 0 Å². The summed E-state index contributed by atoms with van der Waals surface area (Å²) in [7, 11) is 2.16. The van der Waals surface area contributed by atoms with Crippen LogP contribution in [0.3, 0.4) is 0 Å². The van der Waals surface area contributed by atoms with Crippen molar-refractivity contribution in [2.24, 2.45) is 0 Å². The first-order valence-corrected chi connectivity index (χ1v) is 12.5. The van der Waals surface area contributed by atoms with Gasteiger partial charge >= 0.3 is 0 Å². The van der Waals surface area contributed by atoms with Crippen molar-refractivity contribution in [1.29, 1.82) is 0 Å². The maximum absolute atomic E-state index is 13.4. The van der Waals surface area contributed by atoms with E-state index in [9.17, 15) is 4.79 Å². The number of rotatable bonds is 5. The predicted octanol–water partition coefficient (Wildman–Crippen LogP) is 5.61. The lowest BCUT2D eigenvalue weighted by molar-refractivity contribution is 0.102. The van der Waals surface area contributed by atoms with Crippen molar-refractivity contribution in [3.05, 3.63) is 78.0 Å². The molecule has 1 fully saturated rings. The van der Waals surface area contributed by atoms with Gasteiger partial charge in [0.25, 0.3) is 5.91 Å². The zero-order valence-corrected chi connectivity index (χ0v) is 21.4. The fraction of sp³-hybridized carbons (Fsp3) is 0.310. The summed E-state index contributed by atoms with van der Waals surface area (Å²) in [6, 6.07) is 19.9. The Morgan fingerprint density at radius 3 is 2.47 bits per heavy atom. The number of nitrogens with zero attached hydrogens (tertiary/aromatic N) is 3. The Morgan fingerprint density at radius 2 is 1.69 bits per heavy atom. The summed E-state index contributed by atoms with van der Waals surface area (Å²) >= 11 is 0. The number of aromatic nitrogens is 2. The third-order valence-electron chi connectivity index (χ3n) is 6.80. The number of likely N-dealkylation sites (N-methyl/N-ethyl adjacent to an activating group) is 1. The van der Waals surface area contributed by atoms with Gasteiger partial charge in [-0.15, -0.1) is 0 Å². The van der Waals surface area contributed by atoms with Crippen molar-refractivity contribution < 1.29 is 4.79 Å².